The molecule has 0 aromatic carbocycles. The van der Waals surface area contributed by atoms with Crippen molar-refractivity contribution in [2.45, 2.75) is 45.1 Å². The van der Waals surface area contributed by atoms with Crippen LogP contribution < -0.4 is 5.32 Å². The van der Waals surface area contributed by atoms with Crippen LogP contribution in [-0.4, -0.2) is 17.7 Å². The zero-order chi connectivity index (χ0) is 8.97. The fraction of sp³-hybridized carbons (Fsp3) is 0.778. The topological polar surface area (TPSA) is 53.0 Å². The minimum atomic E-state index is 0.143. The first-order valence-electron chi connectivity index (χ1n) is 4.58. The largest absolute Gasteiger partial charge is 0.353 e. The SMILES string of the molecule is CCCC(=N)C[C@@H]1CCC(=O)N1. The second-order valence-corrected chi connectivity index (χ2v) is 3.36. The molecule has 1 atom stereocenters. The lowest BCUT2D eigenvalue weighted by Crippen LogP contribution is -2.27. The van der Waals surface area contributed by atoms with Crippen LogP contribution in [0.2, 0.25) is 0 Å². The number of amides is 1. The average Bonchev–Trinajstić information content (AvgIpc) is 2.36. The van der Waals surface area contributed by atoms with E-state index in [1.807, 2.05) is 0 Å². The third-order valence-electron chi connectivity index (χ3n) is 2.13. The first-order valence-corrected chi connectivity index (χ1v) is 4.58. The van der Waals surface area contributed by atoms with Gasteiger partial charge in [0.25, 0.3) is 0 Å². The summed E-state index contributed by atoms with van der Waals surface area (Å²) in [6, 6.07) is 0.247. The number of carbonyl (C=O) groups is 1. The van der Waals surface area contributed by atoms with Gasteiger partial charge in [0.05, 0.1) is 0 Å². The predicted octanol–water partition coefficient (Wildman–Crippen LogP) is 1.47. The van der Waals surface area contributed by atoms with Crippen molar-refractivity contribution in [3.63, 3.8) is 0 Å². The van der Waals surface area contributed by atoms with Crippen molar-refractivity contribution in [2.24, 2.45) is 0 Å². The quantitative estimate of drug-likeness (QED) is 0.614. The van der Waals surface area contributed by atoms with E-state index in [4.69, 9.17) is 5.41 Å². The minimum absolute atomic E-state index is 0.143. The van der Waals surface area contributed by atoms with E-state index in [9.17, 15) is 4.79 Å². The molecule has 1 heterocycles. The van der Waals surface area contributed by atoms with Crippen LogP contribution in [0.4, 0.5) is 0 Å². The Bertz CT molecular complexity index is 189. The van der Waals surface area contributed by atoms with E-state index in [1.165, 1.54) is 0 Å². The predicted molar refractivity (Wildman–Crippen MR) is 48.4 cm³/mol. The second kappa shape index (κ2) is 4.24. The molecule has 68 valence electrons. The van der Waals surface area contributed by atoms with Gasteiger partial charge in [-0.05, 0) is 12.8 Å². The van der Waals surface area contributed by atoms with Gasteiger partial charge in [0.15, 0.2) is 0 Å². The van der Waals surface area contributed by atoms with Gasteiger partial charge >= 0.3 is 0 Å². The maximum absolute atomic E-state index is 10.8. The molecule has 0 aliphatic carbocycles. The number of rotatable bonds is 4. The average molecular weight is 168 g/mol. The summed E-state index contributed by atoms with van der Waals surface area (Å²) in [5, 5.41) is 10.4. The summed E-state index contributed by atoms with van der Waals surface area (Å²) in [6.45, 7) is 2.07. The highest BCUT2D eigenvalue weighted by atomic mass is 16.1. The van der Waals surface area contributed by atoms with E-state index in [0.29, 0.717) is 6.42 Å². The van der Waals surface area contributed by atoms with Crippen LogP contribution in [0.3, 0.4) is 0 Å². The lowest BCUT2D eigenvalue weighted by atomic mass is 10.1. The molecule has 1 rings (SSSR count). The Morgan fingerprint density at radius 3 is 3.00 bits per heavy atom. The van der Waals surface area contributed by atoms with Crippen molar-refractivity contribution in [3.05, 3.63) is 0 Å². The number of hydrogen-bond acceptors (Lipinski definition) is 2. The Hall–Kier alpha value is -0.860. The molecule has 2 N–H and O–H groups in total. The summed E-state index contributed by atoms with van der Waals surface area (Å²) in [5.41, 5.74) is 0.768. The first-order chi connectivity index (χ1) is 5.72. The standard InChI is InChI=1S/C9H16N2O/c1-2-3-7(10)6-8-4-5-9(12)11-8/h8,10H,2-6H2,1H3,(H,11,12)/t8-/m0/s1. The molecule has 0 aromatic heterocycles. The van der Waals surface area contributed by atoms with Gasteiger partial charge in [0.1, 0.15) is 0 Å². The fourth-order valence-corrected chi connectivity index (χ4v) is 1.53. The maximum Gasteiger partial charge on any atom is 0.220 e. The molecule has 0 aromatic rings. The monoisotopic (exact) mass is 168 g/mol. The number of hydrogen-bond donors (Lipinski definition) is 2. The smallest absolute Gasteiger partial charge is 0.220 e. The van der Waals surface area contributed by atoms with Gasteiger partial charge in [-0.15, -0.1) is 0 Å². The van der Waals surface area contributed by atoms with E-state index >= 15 is 0 Å². The Labute approximate surface area is 73.0 Å². The molecule has 0 bridgehead atoms. The molecule has 1 amide bonds. The molecule has 0 radical (unpaired) electrons. The maximum atomic E-state index is 10.8. The van der Waals surface area contributed by atoms with Gasteiger partial charge in [-0.25, -0.2) is 0 Å². The van der Waals surface area contributed by atoms with Gasteiger partial charge in [-0.3, -0.25) is 4.79 Å². The van der Waals surface area contributed by atoms with Crippen LogP contribution in [0.1, 0.15) is 39.0 Å². The zero-order valence-electron chi connectivity index (χ0n) is 7.52. The molecule has 1 saturated heterocycles. The Balaban J connectivity index is 2.23. The van der Waals surface area contributed by atoms with Crippen LogP contribution >= 0.6 is 0 Å². The summed E-state index contributed by atoms with van der Waals surface area (Å²) < 4.78 is 0. The van der Waals surface area contributed by atoms with Crippen LogP contribution in [0.15, 0.2) is 0 Å². The molecule has 1 fully saturated rings. The Morgan fingerprint density at radius 2 is 2.50 bits per heavy atom. The third-order valence-corrected chi connectivity index (χ3v) is 2.13. The molecule has 1 aliphatic heterocycles. The molecule has 3 nitrogen and oxygen atoms in total. The van der Waals surface area contributed by atoms with Crippen molar-refractivity contribution in [3.8, 4) is 0 Å². The summed E-state index contributed by atoms with van der Waals surface area (Å²) >= 11 is 0. The van der Waals surface area contributed by atoms with Gasteiger partial charge < -0.3 is 10.7 Å². The van der Waals surface area contributed by atoms with E-state index in [-0.39, 0.29) is 11.9 Å². The van der Waals surface area contributed by atoms with Gasteiger partial charge in [0, 0.05) is 24.6 Å². The molecular formula is C9H16N2O. The van der Waals surface area contributed by atoms with Crippen molar-refractivity contribution < 1.29 is 4.79 Å². The summed E-state index contributed by atoms with van der Waals surface area (Å²) in [4.78, 5) is 10.8. The van der Waals surface area contributed by atoms with Crippen LogP contribution in [0.5, 0.6) is 0 Å². The highest BCUT2D eigenvalue weighted by molar-refractivity contribution is 5.84. The van der Waals surface area contributed by atoms with Crippen LogP contribution in [-0.2, 0) is 4.79 Å². The van der Waals surface area contributed by atoms with Crippen molar-refractivity contribution >= 4 is 11.6 Å². The molecular weight excluding hydrogens is 152 g/mol. The van der Waals surface area contributed by atoms with Gasteiger partial charge in [-0.1, -0.05) is 13.3 Å². The lowest BCUT2D eigenvalue weighted by Gasteiger charge is -2.09. The van der Waals surface area contributed by atoms with E-state index in [0.717, 1.165) is 31.4 Å². The van der Waals surface area contributed by atoms with E-state index < -0.39 is 0 Å². The fourth-order valence-electron chi connectivity index (χ4n) is 1.53. The van der Waals surface area contributed by atoms with Gasteiger partial charge in [0.2, 0.25) is 5.91 Å². The molecule has 12 heavy (non-hydrogen) atoms. The number of carbonyl (C=O) groups excluding carboxylic acids is 1. The zero-order valence-corrected chi connectivity index (χ0v) is 7.52. The molecule has 0 unspecified atom stereocenters. The molecule has 0 saturated carbocycles. The minimum Gasteiger partial charge on any atom is -0.353 e. The summed E-state index contributed by atoms with van der Waals surface area (Å²) in [7, 11) is 0. The van der Waals surface area contributed by atoms with Crippen LogP contribution in [0.25, 0.3) is 0 Å². The van der Waals surface area contributed by atoms with E-state index in [2.05, 4.69) is 12.2 Å². The highest BCUT2D eigenvalue weighted by Gasteiger charge is 2.21. The summed E-state index contributed by atoms with van der Waals surface area (Å²) in [6.07, 6.45) is 4.19. The molecule has 1 aliphatic rings. The second-order valence-electron chi connectivity index (χ2n) is 3.36. The summed E-state index contributed by atoms with van der Waals surface area (Å²) in [5.74, 6) is 0.143. The Kier molecular flexibility index (Phi) is 3.26. The normalized spacial score (nSPS) is 22.4. The molecule has 3 heteroatoms. The van der Waals surface area contributed by atoms with Crippen molar-refractivity contribution in [1.29, 1.82) is 5.41 Å². The van der Waals surface area contributed by atoms with E-state index in [1.54, 1.807) is 0 Å². The Morgan fingerprint density at radius 1 is 1.75 bits per heavy atom. The van der Waals surface area contributed by atoms with Gasteiger partial charge in [-0.2, -0.15) is 0 Å². The van der Waals surface area contributed by atoms with Crippen LogP contribution in [0, 0.1) is 5.41 Å². The third kappa shape index (κ3) is 2.64. The molecule has 0 spiro atoms. The lowest BCUT2D eigenvalue weighted by molar-refractivity contribution is -0.119. The van der Waals surface area contributed by atoms with Crippen molar-refractivity contribution in [2.75, 3.05) is 0 Å². The first kappa shape index (κ1) is 9.23. The van der Waals surface area contributed by atoms with Crippen molar-refractivity contribution in [1.82, 2.24) is 5.32 Å². The number of nitrogens with one attached hydrogen (secondary N) is 2. The highest BCUT2D eigenvalue weighted by Crippen LogP contribution is 2.11.